The Hall–Kier alpha value is -3.52. The van der Waals surface area contributed by atoms with Crippen LogP contribution in [0.2, 0.25) is 0 Å². The molecule has 2 heteroatoms. The van der Waals surface area contributed by atoms with Crippen molar-refractivity contribution in [3.05, 3.63) is 118 Å². The molecule has 2 atom stereocenters. The SMILES string of the molecule is CCc1ccoc1C1=Cc2ccccc2C1C(C)(C)C1C(c2occc2CC)=Cc2ccccc21. The second-order valence-electron chi connectivity index (χ2n) is 10.4. The smallest absolute Gasteiger partial charge is 0.133 e. The molecule has 2 nitrogen and oxygen atoms in total. The van der Waals surface area contributed by atoms with Gasteiger partial charge in [0.25, 0.3) is 0 Å². The molecule has 2 heterocycles. The largest absolute Gasteiger partial charge is 0.464 e. The van der Waals surface area contributed by atoms with Crippen molar-refractivity contribution in [1.29, 1.82) is 0 Å². The fraction of sp³-hybridized carbons (Fsp3) is 0.273. The summed E-state index contributed by atoms with van der Waals surface area (Å²) in [4.78, 5) is 0. The van der Waals surface area contributed by atoms with Crippen molar-refractivity contribution in [3.8, 4) is 0 Å². The van der Waals surface area contributed by atoms with E-state index in [0.717, 1.165) is 24.4 Å². The van der Waals surface area contributed by atoms with E-state index in [1.54, 1.807) is 0 Å². The van der Waals surface area contributed by atoms with Crippen LogP contribution in [-0.2, 0) is 12.8 Å². The number of furan rings is 2. The zero-order valence-electron chi connectivity index (χ0n) is 21.0. The van der Waals surface area contributed by atoms with Gasteiger partial charge in [-0.15, -0.1) is 0 Å². The first-order chi connectivity index (χ1) is 17.0. The van der Waals surface area contributed by atoms with E-state index >= 15 is 0 Å². The molecule has 2 aliphatic carbocycles. The van der Waals surface area contributed by atoms with Crippen molar-refractivity contribution in [1.82, 2.24) is 0 Å². The third-order valence-corrected chi connectivity index (χ3v) is 8.13. The minimum atomic E-state index is -0.146. The van der Waals surface area contributed by atoms with Crippen molar-refractivity contribution in [2.75, 3.05) is 0 Å². The van der Waals surface area contributed by atoms with Gasteiger partial charge >= 0.3 is 0 Å². The van der Waals surface area contributed by atoms with Crippen molar-refractivity contribution < 1.29 is 8.83 Å². The third kappa shape index (κ3) is 3.31. The van der Waals surface area contributed by atoms with Gasteiger partial charge in [0.2, 0.25) is 0 Å². The lowest BCUT2D eigenvalue weighted by molar-refractivity contribution is 0.299. The molecule has 2 aromatic carbocycles. The van der Waals surface area contributed by atoms with Crippen LogP contribution in [-0.4, -0.2) is 0 Å². The molecule has 35 heavy (non-hydrogen) atoms. The Balaban J connectivity index is 1.55. The van der Waals surface area contributed by atoms with E-state index in [2.05, 4.69) is 101 Å². The quantitative estimate of drug-likeness (QED) is 0.287. The van der Waals surface area contributed by atoms with Crippen LogP contribution in [0, 0.1) is 5.41 Å². The Morgan fingerprint density at radius 3 is 1.49 bits per heavy atom. The monoisotopic (exact) mass is 460 g/mol. The predicted molar refractivity (Wildman–Crippen MR) is 144 cm³/mol. The summed E-state index contributed by atoms with van der Waals surface area (Å²) >= 11 is 0. The van der Waals surface area contributed by atoms with Gasteiger partial charge in [-0.2, -0.15) is 0 Å². The summed E-state index contributed by atoms with van der Waals surface area (Å²) in [6.45, 7) is 9.26. The Labute approximate surface area is 208 Å². The number of benzene rings is 2. The van der Waals surface area contributed by atoms with Gasteiger partial charge in [0.05, 0.1) is 12.5 Å². The van der Waals surface area contributed by atoms with Gasteiger partial charge in [-0.3, -0.25) is 0 Å². The van der Waals surface area contributed by atoms with E-state index in [4.69, 9.17) is 8.83 Å². The molecule has 0 aliphatic heterocycles. The number of hydrogen-bond donors (Lipinski definition) is 0. The normalized spacial score (nSPS) is 18.9. The van der Waals surface area contributed by atoms with Crippen molar-refractivity contribution in [2.45, 2.75) is 52.4 Å². The second kappa shape index (κ2) is 8.30. The van der Waals surface area contributed by atoms with Gasteiger partial charge in [0.1, 0.15) is 11.5 Å². The summed E-state index contributed by atoms with van der Waals surface area (Å²) in [5.74, 6) is 2.45. The fourth-order valence-corrected chi connectivity index (χ4v) is 6.55. The number of fused-ring (bicyclic) bond motifs is 2. The van der Waals surface area contributed by atoms with Gasteiger partial charge in [0.15, 0.2) is 0 Å². The highest BCUT2D eigenvalue weighted by molar-refractivity contribution is 5.95. The van der Waals surface area contributed by atoms with E-state index in [9.17, 15) is 0 Å². The summed E-state index contributed by atoms with van der Waals surface area (Å²) in [5, 5.41) is 0. The molecule has 2 aliphatic rings. The van der Waals surface area contributed by atoms with E-state index in [1.165, 1.54) is 44.5 Å². The van der Waals surface area contributed by atoms with Crippen LogP contribution in [0.1, 0.15) is 84.4 Å². The highest BCUT2D eigenvalue weighted by Gasteiger charge is 2.48. The summed E-state index contributed by atoms with van der Waals surface area (Å²) in [6, 6.07) is 21.9. The molecule has 2 unspecified atom stereocenters. The van der Waals surface area contributed by atoms with Crippen molar-refractivity contribution >= 4 is 23.3 Å². The zero-order valence-corrected chi connectivity index (χ0v) is 21.0. The van der Waals surface area contributed by atoms with Crippen LogP contribution in [0.3, 0.4) is 0 Å². The fourth-order valence-electron chi connectivity index (χ4n) is 6.55. The first-order valence-corrected chi connectivity index (χ1v) is 12.8. The molecule has 176 valence electrons. The molecular weight excluding hydrogens is 428 g/mol. The highest BCUT2D eigenvalue weighted by Crippen LogP contribution is 2.62. The molecule has 0 fully saturated rings. The molecule has 4 aromatic rings. The average molecular weight is 461 g/mol. The number of hydrogen-bond acceptors (Lipinski definition) is 2. The van der Waals surface area contributed by atoms with Gasteiger partial charge in [-0.25, -0.2) is 0 Å². The Morgan fingerprint density at radius 1 is 0.629 bits per heavy atom. The second-order valence-corrected chi connectivity index (χ2v) is 10.4. The molecule has 0 saturated carbocycles. The molecule has 0 N–H and O–H groups in total. The number of aryl methyl sites for hydroxylation is 2. The maximum absolute atomic E-state index is 6.16. The lowest BCUT2D eigenvalue weighted by Gasteiger charge is -2.41. The molecule has 0 saturated heterocycles. The lowest BCUT2D eigenvalue weighted by atomic mass is 9.61. The highest BCUT2D eigenvalue weighted by atomic mass is 16.3. The van der Waals surface area contributed by atoms with Crippen molar-refractivity contribution in [2.24, 2.45) is 5.41 Å². The van der Waals surface area contributed by atoms with Gasteiger partial charge in [0, 0.05) is 23.0 Å². The molecule has 0 amide bonds. The van der Waals surface area contributed by atoms with Crippen LogP contribution in [0.4, 0.5) is 0 Å². The van der Waals surface area contributed by atoms with Crippen LogP contribution < -0.4 is 0 Å². The summed E-state index contributed by atoms with van der Waals surface area (Å²) in [7, 11) is 0. The minimum Gasteiger partial charge on any atom is -0.464 e. The lowest BCUT2D eigenvalue weighted by Crippen LogP contribution is -2.30. The third-order valence-electron chi connectivity index (χ3n) is 8.13. The Morgan fingerprint density at radius 2 is 1.06 bits per heavy atom. The average Bonchev–Trinajstić information content (AvgIpc) is 3.65. The topological polar surface area (TPSA) is 26.3 Å². The number of rotatable bonds is 6. The molecule has 6 rings (SSSR count). The van der Waals surface area contributed by atoms with Crippen LogP contribution in [0.5, 0.6) is 0 Å². The molecule has 0 spiro atoms. The van der Waals surface area contributed by atoms with Gasteiger partial charge < -0.3 is 8.83 Å². The molecule has 0 radical (unpaired) electrons. The van der Waals surface area contributed by atoms with Crippen LogP contribution >= 0.6 is 0 Å². The van der Waals surface area contributed by atoms with Gasteiger partial charge in [-0.1, -0.05) is 76.2 Å². The molecule has 2 aromatic heterocycles. The number of allylic oxidation sites excluding steroid dienone is 2. The summed E-state index contributed by atoms with van der Waals surface area (Å²) in [5.41, 5.74) is 10.3. The maximum Gasteiger partial charge on any atom is 0.133 e. The van der Waals surface area contributed by atoms with Gasteiger partial charge in [-0.05, 0) is 75.9 Å². The first kappa shape index (κ1) is 22.0. The van der Waals surface area contributed by atoms with Crippen molar-refractivity contribution in [3.63, 3.8) is 0 Å². The summed E-state index contributed by atoms with van der Waals surface area (Å²) < 4.78 is 12.3. The Kier molecular flexibility index (Phi) is 5.21. The van der Waals surface area contributed by atoms with Crippen LogP contribution in [0.25, 0.3) is 23.3 Å². The van der Waals surface area contributed by atoms with E-state index in [0.29, 0.717) is 0 Å². The maximum atomic E-state index is 6.16. The minimum absolute atomic E-state index is 0.146. The van der Waals surface area contributed by atoms with E-state index in [-0.39, 0.29) is 17.3 Å². The summed E-state index contributed by atoms with van der Waals surface area (Å²) in [6.07, 6.45) is 10.3. The standard InChI is InChI=1S/C33H32O2/c1-5-21-15-17-34-31(21)27-19-23-11-7-9-13-25(23)29(27)33(3,4)30-26-14-10-8-12-24(26)20-28(30)32-22(6-2)16-18-35-32/h7-20,29-30H,5-6H2,1-4H3. The van der Waals surface area contributed by atoms with E-state index in [1.807, 2.05) is 12.5 Å². The predicted octanol–water partition coefficient (Wildman–Crippen LogP) is 9.00. The first-order valence-electron chi connectivity index (χ1n) is 12.8. The van der Waals surface area contributed by atoms with Crippen LogP contribution in [0.15, 0.2) is 82.0 Å². The zero-order chi connectivity index (χ0) is 24.2. The Bertz CT molecular complexity index is 1350. The molecular formula is C33H32O2. The van der Waals surface area contributed by atoms with E-state index < -0.39 is 0 Å². The molecule has 0 bridgehead atoms.